The Kier molecular flexibility index (Phi) is 3.82. The van der Waals surface area contributed by atoms with Crippen LogP contribution in [-0.2, 0) is 17.8 Å². The van der Waals surface area contributed by atoms with Gasteiger partial charge in [-0.2, -0.15) is 4.98 Å². The van der Waals surface area contributed by atoms with Crippen LogP contribution in [-0.4, -0.2) is 34.8 Å². The van der Waals surface area contributed by atoms with Crippen molar-refractivity contribution in [3.05, 3.63) is 29.6 Å². The van der Waals surface area contributed by atoms with E-state index >= 15 is 0 Å². The van der Waals surface area contributed by atoms with Crippen LogP contribution in [0.4, 0.5) is 5.95 Å². The zero-order valence-electron chi connectivity index (χ0n) is 12.1. The number of fused-ring (bicyclic) bond motifs is 1. The standard InChI is InChI=1S/C14H17N5O3/c1-21-10-4-2-3-8-5-9(7-22-12(8)10)13(20)16-6-11-17-14(15)19-18-11/h2-4,9H,5-7H2,1H3,(H,16,20)(H3,15,17,18,19). The number of rotatable bonds is 4. The van der Waals surface area contributed by atoms with Crippen molar-refractivity contribution in [3.63, 3.8) is 0 Å². The van der Waals surface area contributed by atoms with Gasteiger partial charge in [0.1, 0.15) is 12.4 Å². The van der Waals surface area contributed by atoms with Gasteiger partial charge in [-0.1, -0.05) is 12.1 Å². The van der Waals surface area contributed by atoms with Crippen LogP contribution in [0.2, 0.25) is 0 Å². The molecule has 2 heterocycles. The van der Waals surface area contributed by atoms with E-state index in [2.05, 4.69) is 20.5 Å². The third kappa shape index (κ3) is 2.80. The molecule has 1 aliphatic rings. The van der Waals surface area contributed by atoms with E-state index in [1.165, 1.54) is 0 Å². The fourth-order valence-corrected chi connectivity index (χ4v) is 2.43. The molecule has 2 aromatic rings. The van der Waals surface area contributed by atoms with Crippen LogP contribution in [0.3, 0.4) is 0 Å². The summed E-state index contributed by atoms with van der Waals surface area (Å²) in [5.74, 6) is 1.74. The van der Waals surface area contributed by atoms with Crippen LogP contribution in [0, 0.1) is 5.92 Å². The number of benzene rings is 1. The molecule has 1 unspecified atom stereocenters. The monoisotopic (exact) mass is 303 g/mol. The molecule has 22 heavy (non-hydrogen) atoms. The number of hydrogen-bond donors (Lipinski definition) is 3. The van der Waals surface area contributed by atoms with Crippen molar-refractivity contribution in [2.45, 2.75) is 13.0 Å². The van der Waals surface area contributed by atoms with Gasteiger partial charge in [-0.15, -0.1) is 5.10 Å². The highest BCUT2D eigenvalue weighted by atomic mass is 16.5. The first kappa shape index (κ1) is 14.2. The van der Waals surface area contributed by atoms with Gasteiger partial charge in [-0.3, -0.25) is 9.89 Å². The average Bonchev–Trinajstić information content (AvgIpc) is 2.97. The summed E-state index contributed by atoms with van der Waals surface area (Å²) in [5, 5.41) is 9.16. The molecule has 8 nitrogen and oxygen atoms in total. The summed E-state index contributed by atoms with van der Waals surface area (Å²) < 4.78 is 11.0. The third-order valence-electron chi connectivity index (χ3n) is 3.53. The Morgan fingerprint density at radius 3 is 3.18 bits per heavy atom. The van der Waals surface area contributed by atoms with Gasteiger partial charge in [-0.25, -0.2) is 0 Å². The summed E-state index contributed by atoms with van der Waals surface area (Å²) in [4.78, 5) is 16.2. The normalized spacial score (nSPS) is 16.5. The number of carbonyl (C=O) groups excluding carboxylic acids is 1. The molecular weight excluding hydrogens is 286 g/mol. The Morgan fingerprint density at radius 2 is 2.45 bits per heavy atom. The predicted molar refractivity (Wildman–Crippen MR) is 78.3 cm³/mol. The Labute approximate surface area is 127 Å². The minimum absolute atomic E-state index is 0.0940. The summed E-state index contributed by atoms with van der Waals surface area (Å²) in [6, 6.07) is 5.67. The first-order valence-electron chi connectivity index (χ1n) is 6.90. The van der Waals surface area contributed by atoms with Crippen molar-refractivity contribution in [1.82, 2.24) is 20.5 Å². The molecule has 3 rings (SSSR count). The number of H-pyrrole nitrogens is 1. The zero-order chi connectivity index (χ0) is 15.5. The lowest BCUT2D eigenvalue weighted by Gasteiger charge is -2.25. The molecule has 1 aliphatic heterocycles. The van der Waals surface area contributed by atoms with Crippen molar-refractivity contribution in [2.75, 3.05) is 19.5 Å². The Morgan fingerprint density at radius 1 is 1.59 bits per heavy atom. The van der Waals surface area contributed by atoms with Crippen LogP contribution in [0.1, 0.15) is 11.4 Å². The second-order valence-corrected chi connectivity index (χ2v) is 5.02. The number of anilines is 1. The van der Waals surface area contributed by atoms with Gasteiger partial charge in [0.05, 0.1) is 19.6 Å². The van der Waals surface area contributed by atoms with Crippen molar-refractivity contribution >= 4 is 11.9 Å². The van der Waals surface area contributed by atoms with E-state index in [-0.39, 0.29) is 24.3 Å². The number of amides is 1. The number of nitrogens with zero attached hydrogens (tertiary/aromatic N) is 2. The van der Waals surface area contributed by atoms with E-state index in [1.807, 2.05) is 18.2 Å². The largest absolute Gasteiger partial charge is 0.493 e. The average molecular weight is 303 g/mol. The van der Waals surface area contributed by atoms with Crippen molar-refractivity contribution in [1.29, 1.82) is 0 Å². The molecule has 0 saturated heterocycles. The third-order valence-corrected chi connectivity index (χ3v) is 3.53. The summed E-state index contributed by atoms with van der Waals surface area (Å²) in [7, 11) is 1.60. The molecule has 116 valence electrons. The smallest absolute Gasteiger partial charge is 0.239 e. The second-order valence-electron chi connectivity index (χ2n) is 5.02. The lowest BCUT2D eigenvalue weighted by Crippen LogP contribution is -2.37. The number of hydrogen-bond acceptors (Lipinski definition) is 6. The molecule has 1 atom stereocenters. The summed E-state index contributed by atoms with van der Waals surface area (Å²) in [5.41, 5.74) is 6.38. The highest BCUT2D eigenvalue weighted by Gasteiger charge is 2.27. The maximum atomic E-state index is 12.2. The van der Waals surface area contributed by atoms with Crippen molar-refractivity contribution in [2.24, 2.45) is 5.92 Å². The van der Waals surface area contributed by atoms with Gasteiger partial charge in [-0.05, 0) is 18.1 Å². The number of methoxy groups -OCH3 is 1. The molecule has 1 amide bonds. The van der Waals surface area contributed by atoms with E-state index < -0.39 is 0 Å². The number of carbonyl (C=O) groups is 1. The molecule has 0 fully saturated rings. The van der Waals surface area contributed by atoms with Gasteiger partial charge in [0, 0.05) is 0 Å². The minimum Gasteiger partial charge on any atom is -0.493 e. The maximum absolute atomic E-state index is 12.2. The molecule has 0 spiro atoms. The lowest BCUT2D eigenvalue weighted by molar-refractivity contribution is -0.126. The highest BCUT2D eigenvalue weighted by Crippen LogP contribution is 2.35. The van der Waals surface area contributed by atoms with Crippen LogP contribution in [0.15, 0.2) is 18.2 Å². The Balaban J connectivity index is 1.63. The van der Waals surface area contributed by atoms with Crippen LogP contribution in [0.25, 0.3) is 0 Å². The molecule has 0 aliphatic carbocycles. The molecule has 0 bridgehead atoms. The molecule has 0 radical (unpaired) electrons. The van der Waals surface area contributed by atoms with Gasteiger partial charge in [0.2, 0.25) is 11.9 Å². The summed E-state index contributed by atoms with van der Waals surface area (Å²) in [6.07, 6.45) is 0.608. The Bertz CT molecular complexity index is 685. The van der Waals surface area contributed by atoms with E-state index in [0.717, 1.165) is 11.3 Å². The molecular formula is C14H17N5O3. The zero-order valence-corrected chi connectivity index (χ0v) is 12.1. The second kappa shape index (κ2) is 5.92. The first-order chi connectivity index (χ1) is 10.7. The number of nitrogens with two attached hydrogens (primary N) is 1. The van der Waals surface area contributed by atoms with E-state index in [4.69, 9.17) is 15.2 Å². The highest BCUT2D eigenvalue weighted by molar-refractivity contribution is 5.79. The molecule has 8 heteroatoms. The van der Waals surface area contributed by atoms with Crippen LogP contribution >= 0.6 is 0 Å². The van der Waals surface area contributed by atoms with Gasteiger partial charge in [0.25, 0.3) is 0 Å². The van der Waals surface area contributed by atoms with Crippen LogP contribution < -0.4 is 20.5 Å². The summed E-state index contributed by atoms with van der Waals surface area (Å²) >= 11 is 0. The number of aromatic amines is 1. The Hall–Kier alpha value is -2.77. The van der Waals surface area contributed by atoms with Crippen molar-refractivity contribution in [3.8, 4) is 11.5 Å². The van der Waals surface area contributed by atoms with Crippen molar-refractivity contribution < 1.29 is 14.3 Å². The predicted octanol–water partition coefficient (Wildman–Crippen LogP) is 0.263. The van der Waals surface area contributed by atoms with Gasteiger partial charge >= 0.3 is 0 Å². The number of para-hydroxylation sites is 1. The number of ether oxygens (including phenoxy) is 2. The molecule has 1 aromatic carbocycles. The topological polar surface area (TPSA) is 115 Å². The minimum atomic E-state index is -0.250. The van der Waals surface area contributed by atoms with Crippen LogP contribution in [0.5, 0.6) is 11.5 Å². The fourth-order valence-electron chi connectivity index (χ4n) is 2.43. The summed E-state index contributed by atoms with van der Waals surface area (Å²) in [6.45, 7) is 0.572. The number of nitrogen functional groups attached to an aromatic ring is 1. The number of aromatic nitrogens is 3. The number of nitrogens with one attached hydrogen (secondary N) is 2. The maximum Gasteiger partial charge on any atom is 0.239 e. The lowest BCUT2D eigenvalue weighted by atomic mass is 9.95. The SMILES string of the molecule is COc1cccc2c1OCC(C(=O)NCc1nc(N)n[nH]1)C2. The molecule has 0 saturated carbocycles. The van der Waals surface area contributed by atoms with E-state index in [1.54, 1.807) is 7.11 Å². The molecule has 1 aromatic heterocycles. The fraction of sp³-hybridized carbons (Fsp3) is 0.357. The van der Waals surface area contributed by atoms with Gasteiger partial charge in [0.15, 0.2) is 11.5 Å². The quantitative estimate of drug-likeness (QED) is 0.746. The van der Waals surface area contributed by atoms with E-state index in [0.29, 0.717) is 24.6 Å². The van der Waals surface area contributed by atoms with E-state index in [9.17, 15) is 4.79 Å². The molecule has 4 N–H and O–H groups in total. The first-order valence-corrected chi connectivity index (χ1v) is 6.90. The van der Waals surface area contributed by atoms with Gasteiger partial charge < -0.3 is 20.5 Å².